The number of aromatic nitrogens is 1. The van der Waals surface area contributed by atoms with Crippen molar-refractivity contribution < 1.29 is 13.9 Å². The van der Waals surface area contributed by atoms with Crippen molar-refractivity contribution in [1.82, 2.24) is 4.98 Å². The summed E-state index contributed by atoms with van der Waals surface area (Å²) in [6.07, 6.45) is 3.04. The van der Waals surface area contributed by atoms with Gasteiger partial charge in [-0.3, -0.25) is 4.79 Å². The topological polar surface area (TPSA) is 67.9 Å². The van der Waals surface area contributed by atoms with E-state index in [9.17, 15) is 4.79 Å². The molecule has 4 rings (SSSR count). The number of hydrogen-bond acceptors (Lipinski definition) is 6. The second kappa shape index (κ2) is 7.43. The number of amides is 1. The van der Waals surface area contributed by atoms with E-state index < -0.39 is 0 Å². The molecule has 2 heterocycles. The van der Waals surface area contributed by atoms with E-state index in [1.807, 2.05) is 36.4 Å². The van der Waals surface area contributed by atoms with Crippen LogP contribution in [0.1, 0.15) is 16.1 Å². The van der Waals surface area contributed by atoms with E-state index in [1.165, 1.54) is 22.6 Å². The Balaban J connectivity index is 1.76. The van der Waals surface area contributed by atoms with Crippen LogP contribution < -0.4 is 9.75 Å². The van der Waals surface area contributed by atoms with Gasteiger partial charge in [-0.1, -0.05) is 29.5 Å². The van der Waals surface area contributed by atoms with Gasteiger partial charge in [0.25, 0.3) is 5.91 Å². The fourth-order valence-corrected chi connectivity index (χ4v) is 3.43. The Morgan fingerprint density at radius 2 is 2.04 bits per heavy atom. The highest BCUT2D eigenvalue weighted by Crippen LogP contribution is 2.32. The number of ether oxygens (including phenoxy) is 1. The van der Waals surface area contributed by atoms with Crippen LogP contribution in [0, 0.1) is 0 Å². The quantitative estimate of drug-likeness (QED) is 0.377. The number of methoxy groups -OCH3 is 1. The molecule has 4 aromatic rings. The summed E-state index contributed by atoms with van der Waals surface area (Å²) >= 11 is 1.36. The van der Waals surface area contributed by atoms with Gasteiger partial charge >= 0.3 is 0 Å². The number of benzene rings is 2. The molecule has 0 radical (unpaired) electrons. The zero-order valence-electron chi connectivity index (χ0n) is 14.4. The first-order valence-corrected chi connectivity index (χ1v) is 8.98. The molecule has 7 heteroatoms. The van der Waals surface area contributed by atoms with Gasteiger partial charge in [-0.15, -0.1) is 0 Å². The van der Waals surface area contributed by atoms with Crippen LogP contribution in [0.2, 0.25) is 0 Å². The van der Waals surface area contributed by atoms with Gasteiger partial charge in [0.2, 0.25) is 5.13 Å². The highest BCUT2D eigenvalue weighted by Gasteiger charge is 2.21. The molecule has 2 aromatic heterocycles. The second-order valence-corrected chi connectivity index (χ2v) is 6.58. The lowest BCUT2D eigenvalue weighted by Gasteiger charge is -2.13. The van der Waals surface area contributed by atoms with Crippen LogP contribution in [0.15, 0.2) is 76.4 Å². The molecule has 0 bridgehead atoms. The van der Waals surface area contributed by atoms with Crippen molar-refractivity contribution in [2.75, 3.05) is 12.1 Å². The summed E-state index contributed by atoms with van der Waals surface area (Å²) in [7, 11) is 1.61. The summed E-state index contributed by atoms with van der Waals surface area (Å²) < 4.78 is 11.4. The Bertz CT molecular complexity index is 1090. The van der Waals surface area contributed by atoms with Gasteiger partial charge in [0.15, 0.2) is 0 Å². The van der Waals surface area contributed by atoms with E-state index in [0.29, 0.717) is 16.5 Å². The molecule has 134 valence electrons. The number of furan rings is 1. The molecular formula is C20H15N3O3S. The summed E-state index contributed by atoms with van der Waals surface area (Å²) in [6, 6.07) is 18.1. The Morgan fingerprint density at radius 1 is 1.19 bits per heavy atom. The molecule has 27 heavy (non-hydrogen) atoms. The lowest BCUT2D eigenvalue weighted by atomic mass is 10.2. The predicted octanol–water partition coefficient (Wildman–Crippen LogP) is 4.58. The summed E-state index contributed by atoms with van der Waals surface area (Å²) in [5.41, 5.74) is 1.29. The number of hydrogen-bond donors (Lipinski definition) is 0. The molecule has 0 saturated heterocycles. The minimum Gasteiger partial charge on any atom is -0.497 e. The number of fused-ring (bicyclic) bond motifs is 1. The summed E-state index contributed by atoms with van der Waals surface area (Å²) in [5.74, 6) is 1.01. The standard InChI is InChI=1S/C20H15N3O3S/c1-25-15-9-10-17-18(12-15)27-20(22-17)23(21-13-16-8-5-11-26-16)19(24)14-6-3-2-4-7-14/h2-13H,1H3/b21-13-. The Hall–Kier alpha value is -3.45. The highest BCUT2D eigenvalue weighted by atomic mass is 32.1. The molecule has 0 saturated carbocycles. The van der Waals surface area contributed by atoms with Crippen LogP contribution in [0.5, 0.6) is 5.75 Å². The van der Waals surface area contributed by atoms with Gasteiger partial charge in [0.1, 0.15) is 11.5 Å². The number of anilines is 1. The largest absolute Gasteiger partial charge is 0.497 e. The SMILES string of the molecule is COc1ccc2nc(N(/N=C\c3ccco3)C(=O)c3ccccc3)sc2c1. The van der Waals surface area contributed by atoms with Crippen molar-refractivity contribution in [2.45, 2.75) is 0 Å². The molecule has 0 spiro atoms. The molecule has 0 N–H and O–H groups in total. The molecule has 1 amide bonds. The fourth-order valence-electron chi connectivity index (χ4n) is 2.48. The molecule has 6 nitrogen and oxygen atoms in total. The average Bonchev–Trinajstić information content (AvgIpc) is 3.37. The van der Waals surface area contributed by atoms with Crippen molar-refractivity contribution in [1.29, 1.82) is 0 Å². The maximum atomic E-state index is 13.0. The first-order chi connectivity index (χ1) is 13.2. The maximum absolute atomic E-state index is 13.0. The average molecular weight is 377 g/mol. The van der Waals surface area contributed by atoms with E-state index in [0.717, 1.165) is 16.0 Å². The third-order valence-electron chi connectivity index (χ3n) is 3.82. The molecule has 2 aromatic carbocycles. The van der Waals surface area contributed by atoms with Gasteiger partial charge in [0, 0.05) is 5.56 Å². The molecule has 0 unspecified atom stereocenters. The van der Waals surface area contributed by atoms with Crippen LogP contribution in [0.3, 0.4) is 0 Å². The van der Waals surface area contributed by atoms with Crippen LogP contribution in [0.4, 0.5) is 5.13 Å². The Labute approximate surface area is 159 Å². The zero-order chi connectivity index (χ0) is 18.6. The minimum atomic E-state index is -0.274. The summed E-state index contributed by atoms with van der Waals surface area (Å²) in [5, 5.41) is 6.09. The van der Waals surface area contributed by atoms with Crippen molar-refractivity contribution in [3.05, 3.63) is 78.3 Å². The number of carbonyl (C=O) groups is 1. The number of rotatable bonds is 5. The van der Waals surface area contributed by atoms with Crippen LogP contribution in [-0.2, 0) is 0 Å². The van der Waals surface area contributed by atoms with Crippen molar-refractivity contribution in [2.24, 2.45) is 5.10 Å². The first kappa shape index (κ1) is 17.0. The lowest BCUT2D eigenvalue weighted by Crippen LogP contribution is -2.25. The number of carbonyl (C=O) groups excluding carboxylic acids is 1. The number of hydrazone groups is 1. The van der Waals surface area contributed by atoms with E-state index in [-0.39, 0.29) is 5.91 Å². The molecule has 0 aliphatic rings. The second-order valence-electron chi connectivity index (χ2n) is 5.57. The fraction of sp³-hybridized carbons (Fsp3) is 0.0500. The molecule has 0 aliphatic heterocycles. The van der Waals surface area contributed by atoms with Gasteiger partial charge in [-0.05, 0) is 42.5 Å². The van der Waals surface area contributed by atoms with Gasteiger partial charge in [-0.25, -0.2) is 4.98 Å². The molecule has 0 fully saturated rings. The number of thiazole rings is 1. The lowest BCUT2D eigenvalue weighted by molar-refractivity contribution is 0.0988. The smallest absolute Gasteiger partial charge is 0.280 e. The first-order valence-electron chi connectivity index (χ1n) is 8.16. The number of nitrogens with zero attached hydrogens (tertiary/aromatic N) is 3. The molecule has 0 aliphatic carbocycles. The van der Waals surface area contributed by atoms with Crippen molar-refractivity contribution in [3.8, 4) is 5.75 Å². The van der Waals surface area contributed by atoms with Gasteiger partial charge in [0.05, 0.1) is 29.8 Å². The maximum Gasteiger partial charge on any atom is 0.280 e. The minimum absolute atomic E-state index is 0.274. The van der Waals surface area contributed by atoms with E-state index in [4.69, 9.17) is 9.15 Å². The van der Waals surface area contributed by atoms with E-state index >= 15 is 0 Å². The highest BCUT2D eigenvalue weighted by molar-refractivity contribution is 7.22. The zero-order valence-corrected chi connectivity index (χ0v) is 15.2. The summed E-state index contributed by atoms with van der Waals surface area (Å²) in [6.45, 7) is 0. The van der Waals surface area contributed by atoms with Crippen molar-refractivity contribution >= 4 is 38.8 Å². The Morgan fingerprint density at radius 3 is 2.78 bits per heavy atom. The molecular weight excluding hydrogens is 362 g/mol. The van der Waals surface area contributed by atoms with Gasteiger partial charge < -0.3 is 9.15 Å². The van der Waals surface area contributed by atoms with Crippen LogP contribution in [-0.4, -0.2) is 24.2 Å². The molecule has 0 atom stereocenters. The third kappa shape index (κ3) is 3.58. The third-order valence-corrected chi connectivity index (χ3v) is 4.82. The van der Waals surface area contributed by atoms with Crippen LogP contribution in [0.25, 0.3) is 10.2 Å². The normalized spacial score (nSPS) is 11.1. The van der Waals surface area contributed by atoms with Gasteiger partial charge in [-0.2, -0.15) is 10.1 Å². The summed E-state index contributed by atoms with van der Waals surface area (Å²) in [4.78, 5) is 17.6. The van der Waals surface area contributed by atoms with E-state index in [1.54, 1.807) is 37.6 Å². The predicted molar refractivity (Wildman–Crippen MR) is 106 cm³/mol. The van der Waals surface area contributed by atoms with Crippen molar-refractivity contribution in [3.63, 3.8) is 0 Å². The monoisotopic (exact) mass is 377 g/mol. The van der Waals surface area contributed by atoms with E-state index in [2.05, 4.69) is 10.1 Å². The van der Waals surface area contributed by atoms with Crippen LogP contribution >= 0.6 is 11.3 Å². The Kier molecular flexibility index (Phi) is 4.67.